The molecule has 2 heterocycles. The van der Waals surface area contributed by atoms with E-state index in [1.807, 2.05) is 6.07 Å². The van der Waals surface area contributed by atoms with Crippen LogP contribution >= 0.6 is 0 Å². The van der Waals surface area contributed by atoms with Crippen LogP contribution in [0, 0.1) is 11.8 Å². The number of aliphatic hydroxyl groups is 1. The molecular weight excluding hydrogens is 330 g/mol. The molecule has 5 nitrogen and oxygen atoms in total. The number of phenolic OH excluding ortho intramolecular Hbond substituents is 1. The number of hydrogen-bond acceptors (Lipinski definition) is 5. The van der Waals surface area contributed by atoms with Crippen LogP contribution in [0.1, 0.15) is 43.2 Å². The highest BCUT2D eigenvalue weighted by molar-refractivity contribution is 5.88. The number of likely N-dealkylation sites (tertiary alicyclic amines) is 1. The van der Waals surface area contributed by atoms with E-state index >= 15 is 0 Å². The lowest BCUT2D eigenvalue weighted by molar-refractivity contribution is -0.131. The summed E-state index contributed by atoms with van der Waals surface area (Å²) in [6.45, 7) is 2.07. The zero-order valence-corrected chi connectivity index (χ0v) is 14.9. The lowest BCUT2D eigenvalue weighted by Gasteiger charge is -2.56. The molecule has 3 aliphatic carbocycles. The summed E-state index contributed by atoms with van der Waals surface area (Å²) >= 11 is 0. The molecule has 1 unspecified atom stereocenters. The highest BCUT2D eigenvalue weighted by atomic mass is 16.5. The first-order chi connectivity index (χ1) is 12.6. The highest BCUT2D eigenvalue weighted by Crippen LogP contribution is 2.62. The number of Topliss-reactive ketones (excluding diaryl/α,β-unsaturated/α-hetero) is 1. The van der Waals surface area contributed by atoms with Gasteiger partial charge in [-0.25, -0.2) is 0 Å². The monoisotopic (exact) mass is 355 g/mol. The third-order valence-electron chi connectivity index (χ3n) is 7.70. The van der Waals surface area contributed by atoms with Crippen LogP contribution in [-0.2, 0) is 16.6 Å². The van der Waals surface area contributed by atoms with Gasteiger partial charge in [0.1, 0.15) is 0 Å². The number of phenols is 1. The van der Waals surface area contributed by atoms with Gasteiger partial charge in [-0.2, -0.15) is 0 Å². The molecular formula is C21H25NO4. The van der Waals surface area contributed by atoms with Crippen LogP contribution in [0.2, 0.25) is 0 Å². The SMILES string of the molecule is O=C1CC[C@H](O)C2[C@H]3Cc4ccc(O)c5c4[C@@]2(CCN3CC2CC2)[C@H]1O5. The van der Waals surface area contributed by atoms with E-state index in [2.05, 4.69) is 4.90 Å². The van der Waals surface area contributed by atoms with Crippen LogP contribution in [0.5, 0.6) is 11.5 Å². The van der Waals surface area contributed by atoms with Crippen molar-refractivity contribution in [1.29, 1.82) is 0 Å². The van der Waals surface area contributed by atoms with Gasteiger partial charge in [-0.3, -0.25) is 9.69 Å². The molecule has 5 aliphatic rings. The van der Waals surface area contributed by atoms with Crippen molar-refractivity contribution in [3.63, 3.8) is 0 Å². The molecule has 0 amide bonds. The van der Waals surface area contributed by atoms with Crippen molar-refractivity contribution in [1.82, 2.24) is 4.90 Å². The average Bonchev–Trinajstić information content (AvgIpc) is 3.39. The van der Waals surface area contributed by atoms with Crippen LogP contribution in [0.4, 0.5) is 0 Å². The van der Waals surface area contributed by atoms with Gasteiger partial charge in [0.05, 0.1) is 11.5 Å². The number of piperidine rings is 1. The lowest BCUT2D eigenvalue weighted by Crippen LogP contribution is -2.66. The Labute approximate surface area is 152 Å². The number of aliphatic hydroxyl groups excluding tert-OH is 1. The summed E-state index contributed by atoms with van der Waals surface area (Å²) in [4.78, 5) is 15.5. The van der Waals surface area contributed by atoms with Crippen molar-refractivity contribution in [2.45, 2.75) is 62.2 Å². The number of rotatable bonds is 2. The van der Waals surface area contributed by atoms with Gasteiger partial charge in [0, 0.05) is 30.5 Å². The topological polar surface area (TPSA) is 70.0 Å². The number of benzene rings is 1. The first-order valence-corrected chi connectivity index (χ1v) is 10.1. The maximum Gasteiger partial charge on any atom is 0.174 e. The van der Waals surface area contributed by atoms with Crippen molar-refractivity contribution in [3.05, 3.63) is 23.3 Å². The standard InChI is InChI=1S/C21H25NO4/c23-14-5-6-16(25)20-21-7-8-22(10-11-1-2-11)13(18(14)21)9-12-3-4-15(24)19(26-20)17(12)21/h3-4,11,13-14,18,20,23-24H,1-2,5-10H2/t13-,14+,18?,20+,21-/m1/s1. The van der Waals surface area contributed by atoms with Gasteiger partial charge < -0.3 is 14.9 Å². The van der Waals surface area contributed by atoms with E-state index in [4.69, 9.17) is 4.74 Å². The number of ketones is 1. The number of nitrogens with zero attached hydrogens (tertiary/aromatic N) is 1. The Morgan fingerprint density at radius 1 is 1.27 bits per heavy atom. The number of aromatic hydroxyl groups is 1. The van der Waals surface area contributed by atoms with E-state index in [9.17, 15) is 15.0 Å². The molecule has 0 aromatic heterocycles. The van der Waals surface area contributed by atoms with Crippen molar-refractivity contribution < 1.29 is 19.7 Å². The van der Waals surface area contributed by atoms with Crippen LogP contribution in [0.25, 0.3) is 0 Å². The summed E-state index contributed by atoms with van der Waals surface area (Å²) in [5.74, 6) is 1.55. The van der Waals surface area contributed by atoms with E-state index in [0.717, 1.165) is 37.4 Å². The molecule has 2 bridgehead atoms. The third-order valence-corrected chi connectivity index (χ3v) is 7.70. The normalized spacial score (nSPS) is 40.7. The lowest BCUT2D eigenvalue weighted by atomic mass is 9.54. The fourth-order valence-electron chi connectivity index (χ4n) is 6.49. The summed E-state index contributed by atoms with van der Waals surface area (Å²) < 4.78 is 6.15. The van der Waals surface area contributed by atoms with E-state index < -0.39 is 17.6 Å². The first kappa shape index (κ1) is 15.5. The Bertz CT molecular complexity index is 803. The van der Waals surface area contributed by atoms with E-state index in [1.54, 1.807) is 6.07 Å². The number of hydrogen-bond donors (Lipinski definition) is 2. The second-order valence-electron chi connectivity index (χ2n) is 9.04. The predicted molar refractivity (Wildman–Crippen MR) is 94.3 cm³/mol. The predicted octanol–water partition coefficient (Wildman–Crippen LogP) is 1.77. The van der Waals surface area contributed by atoms with Crippen LogP contribution in [-0.4, -0.2) is 52.2 Å². The summed E-state index contributed by atoms with van der Waals surface area (Å²) in [6, 6.07) is 3.98. The van der Waals surface area contributed by atoms with Gasteiger partial charge in [-0.15, -0.1) is 0 Å². The molecule has 1 spiro atoms. The summed E-state index contributed by atoms with van der Waals surface area (Å²) in [7, 11) is 0. The second kappa shape index (κ2) is 5.02. The van der Waals surface area contributed by atoms with Crippen LogP contribution in [0.3, 0.4) is 0 Å². The number of carbonyl (C=O) groups excluding carboxylic acids is 1. The molecule has 0 radical (unpaired) electrons. The molecule has 6 rings (SSSR count). The maximum atomic E-state index is 12.9. The smallest absolute Gasteiger partial charge is 0.174 e. The molecule has 5 atom stereocenters. The van der Waals surface area contributed by atoms with Crippen molar-refractivity contribution in [2.24, 2.45) is 11.8 Å². The van der Waals surface area contributed by atoms with Crippen molar-refractivity contribution >= 4 is 5.78 Å². The molecule has 5 heteroatoms. The largest absolute Gasteiger partial charge is 0.504 e. The Kier molecular flexibility index (Phi) is 2.98. The van der Waals surface area contributed by atoms with Crippen LogP contribution in [0.15, 0.2) is 12.1 Å². The minimum absolute atomic E-state index is 0.0157. The van der Waals surface area contributed by atoms with Crippen molar-refractivity contribution in [3.8, 4) is 11.5 Å². The average molecular weight is 355 g/mol. The molecule has 26 heavy (non-hydrogen) atoms. The minimum Gasteiger partial charge on any atom is -0.504 e. The van der Waals surface area contributed by atoms with E-state index in [0.29, 0.717) is 18.6 Å². The molecule has 1 aromatic rings. The maximum absolute atomic E-state index is 12.9. The van der Waals surface area contributed by atoms with Gasteiger partial charge in [0.15, 0.2) is 23.4 Å². The Balaban J connectivity index is 1.56. The Morgan fingerprint density at radius 2 is 2.12 bits per heavy atom. The van der Waals surface area contributed by atoms with E-state index in [1.165, 1.54) is 18.4 Å². The van der Waals surface area contributed by atoms with E-state index in [-0.39, 0.29) is 23.5 Å². The van der Waals surface area contributed by atoms with Gasteiger partial charge >= 0.3 is 0 Å². The second-order valence-corrected chi connectivity index (χ2v) is 9.04. The fourth-order valence-corrected chi connectivity index (χ4v) is 6.49. The highest BCUT2D eigenvalue weighted by Gasteiger charge is 2.66. The Hall–Kier alpha value is -1.59. The zero-order chi connectivity index (χ0) is 17.6. The molecule has 1 aromatic carbocycles. The fraction of sp³-hybridized carbons (Fsp3) is 0.667. The van der Waals surface area contributed by atoms with Gasteiger partial charge in [0.25, 0.3) is 0 Å². The quantitative estimate of drug-likeness (QED) is 0.846. The summed E-state index contributed by atoms with van der Waals surface area (Å²) in [5, 5.41) is 21.5. The summed E-state index contributed by atoms with van der Waals surface area (Å²) in [6.07, 6.45) is 4.21. The molecule has 3 fully saturated rings. The first-order valence-electron chi connectivity index (χ1n) is 10.1. The van der Waals surface area contributed by atoms with Gasteiger partial charge in [-0.05, 0) is 56.2 Å². The number of carbonyl (C=O) groups is 1. The molecule has 138 valence electrons. The molecule has 2 saturated carbocycles. The van der Waals surface area contributed by atoms with Crippen molar-refractivity contribution in [2.75, 3.05) is 13.1 Å². The Morgan fingerprint density at radius 3 is 2.92 bits per heavy atom. The van der Waals surface area contributed by atoms with Crippen LogP contribution < -0.4 is 4.74 Å². The molecule has 2 aliphatic heterocycles. The summed E-state index contributed by atoms with van der Waals surface area (Å²) in [5.41, 5.74) is 1.77. The third kappa shape index (κ3) is 1.81. The number of ether oxygens (including phenoxy) is 1. The molecule has 1 saturated heterocycles. The molecule has 2 N–H and O–H groups in total. The zero-order valence-electron chi connectivity index (χ0n) is 14.9. The van der Waals surface area contributed by atoms with Gasteiger partial charge in [0.2, 0.25) is 0 Å². The minimum atomic E-state index is -0.544. The van der Waals surface area contributed by atoms with Gasteiger partial charge in [-0.1, -0.05) is 6.07 Å².